The molecule has 0 spiro atoms. The normalized spacial score (nSPS) is 13.9. The molecule has 0 unspecified atom stereocenters. The topological polar surface area (TPSA) is 122 Å². The van der Waals surface area contributed by atoms with E-state index in [4.69, 9.17) is 0 Å². The SMILES string of the molecule is CNS(=O)(=O)c1cc(NC(=O)CSc2nnc(-c3c[nH]c4ccccc34)n2C2CC2)ccc1C. The van der Waals surface area contributed by atoms with Gasteiger partial charge >= 0.3 is 0 Å². The molecule has 1 saturated carbocycles. The highest BCUT2D eigenvalue weighted by atomic mass is 32.2. The van der Waals surface area contributed by atoms with Crippen molar-refractivity contribution in [2.75, 3.05) is 18.1 Å². The first kappa shape index (κ1) is 22.6. The van der Waals surface area contributed by atoms with E-state index in [2.05, 4.69) is 35.9 Å². The Morgan fingerprint density at radius 2 is 2.00 bits per heavy atom. The van der Waals surface area contributed by atoms with Gasteiger partial charge in [0.25, 0.3) is 0 Å². The summed E-state index contributed by atoms with van der Waals surface area (Å²) >= 11 is 1.32. The molecule has 1 amide bonds. The van der Waals surface area contributed by atoms with Crippen LogP contribution in [0.15, 0.2) is 58.7 Å². The van der Waals surface area contributed by atoms with Gasteiger partial charge in [-0.25, -0.2) is 13.1 Å². The number of nitrogens with one attached hydrogen (secondary N) is 3. The Labute approximate surface area is 201 Å². The van der Waals surface area contributed by atoms with Gasteiger partial charge < -0.3 is 10.3 Å². The number of rotatable bonds is 8. The number of aromatic nitrogens is 4. The Morgan fingerprint density at radius 1 is 1.21 bits per heavy atom. The molecule has 1 fully saturated rings. The number of hydrogen-bond acceptors (Lipinski definition) is 6. The Bertz CT molecular complexity index is 1490. The van der Waals surface area contributed by atoms with Gasteiger partial charge in [-0.2, -0.15) is 0 Å². The maximum Gasteiger partial charge on any atom is 0.240 e. The summed E-state index contributed by atoms with van der Waals surface area (Å²) in [5.74, 6) is 0.671. The van der Waals surface area contributed by atoms with Crippen LogP contribution in [0.5, 0.6) is 0 Å². The number of nitrogens with zero attached hydrogens (tertiary/aromatic N) is 3. The quantitative estimate of drug-likeness (QED) is 0.320. The number of hydrogen-bond donors (Lipinski definition) is 3. The summed E-state index contributed by atoms with van der Waals surface area (Å²) in [6, 6.07) is 13.2. The van der Waals surface area contributed by atoms with Crippen molar-refractivity contribution >= 4 is 44.3 Å². The summed E-state index contributed by atoms with van der Waals surface area (Å²) < 4.78 is 28.9. The monoisotopic (exact) mass is 496 g/mol. The zero-order valence-corrected chi connectivity index (χ0v) is 20.3. The summed E-state index contributed by atoms with van der Waals surface area (Å²) in [5.41, 5.74) is 3.05. The third-order valence-electron chi connectivity index (χ3n) is 5.77. The highest BCUT2D eigenvalue weighted by molar-refractivity contribution is 7.99. The van der Waals surface area contributed by atoms with E-state index in [1.807, 2.05) is 24.4 Å². The molecule has 2 aromatic heterocycles. The second-order valence-electron chi connectivity index (χ2n) is 8.18. The Kier molecular flexibility index (Phi) is 5.92. The summed E-state index contributed by atoms with van der Waals surface area (Å²) in [5, 5.41) is 13.4. The van der Waals surface area contributed by atoms with E-state index in [0.717, 1.165) is 35.1 Å². The Morgan fingerprint density at radius 3 is 2.76 bits per heavy atom. The van der Waals surface area contributed by atoms with E-state index in [0.29, 0.717) is 22.4 Å². The zero-order chi connectivity index (χ0) is 23.9. The first-order valence-corrected chi connectivity index (χ1v) is 13.3. The number of carbonyl (C=O) groups excluding carboxylic acids is 1. The molecule has 5 rings (SSSR count). The van der Waals surface area contributed by atoms with Crippen LogP contribution in [0, 0.1) is 6.92 Å². The van der Waals surface area contributed by atoms with Crippen LogP contribution in [-0.2, 0) is 14.8 Å². The fourth-order valence-corrected chi connectivity index (χ4v) is 5.68. The number of aromatic amines is 1. The van der Waals surface area contributed by atoms with Crippen LogP contribution in [-0.4, -0.2) is 46.9 Å². The van der Waals surface area contributed by atoms with Crippen molar-refractivity contribution in [3.63, 3.8) is 0 Å². The zero-order valence-electron chi connectivity index (χ0n) is 18.7. The predicted octanol–water partition coefficient (Wildman–Crippen LogP) is 3.71. The van der Waals surface area contributed by atoms with Crippen molar-refractivity contribution < 1.29 is 13.2 Å². The maximum atomic E-state index is 12.6. The molecule has 0 atom stereocenters. The second-order valence-corrected chi connectivity index (χ2v) is 11.0. The fourth-order valence-electron chi connectivity index (χ4n) is 3.88. The highest BCUT2D eigenvalue weighted by Crippen LogP contribution is 2.42. The molecule has 9 nitrogen and oxygen atoms in total. The fraction of sp³-hybridized carbons (Fsp3) is 0.261. The van der Waals surface area contributed by atoms with E-state index in [1.54, 1.807) is 19.1 Å². The van der Waals surface area contributed by atoms with Gasteiger partial charge in [0, 0.05) is 34.4 Å². The lowest BCUT2D eigenvalue weighted by Crippen LogP contribution is -2.20. The van der Waals surface area contributed by atoms with E-state index in [-0.39, 0.29) is 16.6 Å². The van der Waals surface area contributed by atoms with Gasteiger partial charge in [0.05, 0.1) is 10.6 Å². The summed E-state index contributed by atoms with van der Waals surface area (Å²) in [6.07, 6.45) is 4.06. The van der Waals surface area contributed by atoms with Crippen molar-refractivity contribution in [3.8, 4) is 11.4 Å². The maximum absolute atomic E-state index is 12.6. The van der Waals surface area contributed by atoms with E-state index < -0.39 is 10.0 Å². The van der Waals surface area contributed by atoms with Crippen LogP contribution < -0.4 is 10.0 Å². The van der Waals surface area contributed by atoms with Crippen LogP contribution in [0.2, 0.25) is 0 Å². The minimum Gasteiger partial charge on any atom is -0.360 e. The molecule has 0 radical (unpaired) electrons. The van der Waals surface area contributed by atoms with Crippen LogP contribution >= 0.6 is 11.8 Å². The van der Waals surface area contributed by atoms with Gasteiger partial charge in [0.2, 0.25) is 15.9 Å². The van der Waals surface area contributed by atoms with Crippen molar-refractivity contribution in [3.05, 3.63) is 54.2 Å². The summed E-state index contributed by atoms with van der Waals surface area (Å²) in [6.45, 7) is 1.71. The average molecular weight is 497 g/mol. The number of sulfonamides is 1. The molecule has 0 aliphatic heterocycles. The molecule has 3 N–H and O–H groups in total. The molecule has 0 saturated heterocycles. The Hall–Kier alpha value is -3.15. The minimum absolute atomic E-state index is 0.126. The van der Waals surface area contributed by atoms with Crippen molar-refractivity contribution in [2.24, 2.45) is 0 Å². The molecular weight excluding hydrogens is 472 g/mol. The number of aryl methyl sites for hydroxylation is 1. The molecule has 1 aliphatic carbocycles. The van der Waals surface area contributed by atoms with Gasteiger partial charge in [0.1, 0.15) is 0 Å². The third-order valence-corrected chi connectivity index (χ3v) is 8.27. The largest absolute Gasteiger partial charge is 0.360 e. The molecule has 2 heterocycles. The van der Waals surface area contributed by atoms with Crippen molar-refractivity contribution in [2.45, 2.75) is 35.9 Å². The van der Waals surface area contributed by atoms with Crippen LogP contribution in [0.3, 0.4) is 0 Å². The lowest BCUT2D eigenvalue weighted by Gasteiger charge is -2.11. The first-order valence-electron chi connectivity index (χ1n) is 10.9. The number of carbonyl (C=O) groups is 1. The molecule has 34 heavy (non-hydrogen) atoms. The lowest BCUT2D eigenvalue weighted by molar-refractivity contribution is -0.113. The van der Waals surface area contributed by atoms with Crippen LogP contribution in [0.4, 0.5) is 5.69 Å². The van der Waals surface area contributed by atoms with E-state index >= 15 is 0 Å². The van der Waals surface area contributed by atoms with Gasteiger partial charge in [-0.15, -0.1) is 10.2 Å². The number of thioether (sulfide) groups is 1. The molecule has 1 aliphatic rings. The highest BCUT2D eigenvalue weighted by Gasteiger charge is 2.31. The molecule has 176 valence electrons. The molecule has 0 bridgehead atoms. The van der Waals surface area contributed by atoms with Crippen LogP contribution in [0.1, 0.15) is 24.4 Å². The van der Waals surface area contributed by atoms with E-state index in [9.17, 15) is 13.2 Å². The van der Waals surface area contributed by atoms with Crippen molar-refractivity contribution in [1.82, 2.24) is 24.5 Å². The van der Waals surface area contributed by atoms with Gasteiger partial charge in [-0.3, -0.25) is 9.36 Å². The molecule has 11 heteroatoms. The number of anilines is 1. The van der Waals surface area contributed by atoms with Gasteiger partial charge in [-0.1, -0.05) is 36.0 Å². The number of benzene rings is 2. The summed E-state index contributed by atoms with van der Waals surface area (Å²) in [7, 11) is -2.26. The number of H-pyrrole nitrogens is 1. The smallest absolute Gasteiger partial charge is 0.240 e. The second kappa shape index (κ2) is 8.90. The molecular formula is C23H24N6O3S2. The van der Waals surface area contributed by atoms with Gasteiger partial charge in [-0.05, 0) is 50.6 Å². The molecule has 4 aromatic rings. The third kappa shape index (κ3) is 4.33. The first-order chi connectivity index (χ1) is 16.4. The molecule has 2 aromatic carbocycles. The predicted molar refractivity (Wildman–Crippen MR) is 132 cm³/mol. The Balaban J connectivity index is 1.34. The average Bonchev–Trinajstić information content (AvgIpc) is 3.44. The van der Waals surface area contributed by atoms with E-state index in [1.165, 1.54) is 24.9 Å². The summed E-state index contributed by atoms with van der Waals surface area (Å²) in [4.78, 5) is 16.1. The number of para-hydroxylation sites is 1. The lowest BCUT2D eigenvalue weighted by atomic mass is 10.1. The van der Waals surface area contributed by atoms with Gasteiger partial charge in [0.15, 0.2) is 11.0 Å². The minimum atomic E-state index is -3.62. The van der Waals surface area contributed by atoms with Crippen LogP contribution in [0.25, 0.3) is 22.3 Å². The van der Waals surface area contributed by atoms with Crippen molar-refractivity contribution in [1.29, 1.82) is 0 Å². The number of amides is 1. The standard InChI is InChI=1S/C23H24N6O3S2/c1-14-7-8-15(11-20(14)34(31,32)24-2)26-21(30)13-33-23-28-27-22(29(23)16-9-10-16)18-12-25-19-6-4-3-5-17(18)19/h3-8,11-12,16,24-25H,9-10,13H2,1-2H3,(H,26,30). The number of fused-ring (bicyclic) bond motifs is 1.